The van der Waals surface area contributed by atoms with E-state index in [2.05, 4.69) is 36.2 Å². The monoisotopic (exact) mass is 237 g/mol. The van der Waals surface area contributed by atoms with Crippen LogP contribution in [-0.4, -0.2) is 16.2 Å². The molecular formula is C13H23N3O. The van der Waals surface area contributed by atoms with Crippen LogP contribution < -0.4 is 5.32 Å². The summed E-state index contributed by atoms with van der Waals surface area (Å²) in [6, 6.07) is 0.446. The van der Waals surface area contributed by atoms with Crippen LogP contribution >= 0.6 is 0 Å². The molecule has 2 atom stereocenters. The summed E-state index contributed by atoms with van der Waals surface area (Å²) < 4.78 is 5.27. The van der Waals surface area contributed by atoms with E-state index in [1.54, 1.807) is 0 Å². The lowest BCUT2D eigenvalue weighted by Gasteiger charge is -2.05. The highest BCUT2D eigenvalue weighted by Gasteiger charge is 2.28. The lowest BCUT2D eigenvalue weighted by molar-refractivity contribution is 0.354. The molecule has 1 aliphatic rings. The van der Waals surface area contributed by atoms with Gasteiger partial charge in [-0.05, 0) is 25.2 Å². The summed E-state index contributed by atoms with van der Waals surface area (Å²) in [4.78, 5) is 4.49. The first-order valence-electron chi connectivity index (χ1n) is 6.75. The van der Waals surface area contributed by atoms with Gasteiger partial charge in [-0.2, -0.15) is 4.98 Å². The molecule has 0 spiro atoms. The molecular weight excluding hydrogens is 214 g/mol. The van der Waals surface area contributed by atoms with Crippen LogP contribution in [0.3, 0.4) is 0 Å². The number of aromatic nitrogens is 2. The molecule has 96 valence electrons. The van der Waals surface area contributed by atoms with Gasteiger partial charge >= 0.3 is 0 Å². The molecule has 0 radical (unpaired) electrons. The van der Waals surface area contributed by atoms with Crippen molar-refractivity contribution in [2.24, 2.45) is 5.92 Å². The van der Waals surface area contributed by atoms with Crippen LogP contribution in [0.25, 0.3) is 0 Å². The normalized spacial score (nSPS) is 24.7. The Balaban J connectivity index is 1.90. The van der Waals surface area contributed by atoms with Gasteiger partial charge in [0.1, 0.15) is 0 Å². The molecule has 1 aliphatic carbocycles. The van der Waals surface area contributed by atoms with Crippen LogP contribution in [0.2, 0.25) is 0 Å². The minimum absolute atomic E-state index is 0.446. The Bertz CT molecular complexity index is 348. The van der Waals surface area contributed by atoms with Crippen molar-refractivity contribution in [3.05, 3.63) is 11.7 Å². The van der Waals surface area contributed by atoms with Crippen LogP contribution in [0, 0.1) is 5.92 Å². The van der Waals surface area contributed by atoms with Gasteiger partial charge in [-0.1, -0.05) is 32.3 Å². The third kappa shape index (κ3) is 3.28. The molecule has 0 aromatic carbocycles. The van der Waals surface area contributed by atoms with E-state index in [1.807, 2.05) is 0 Å². The Hall–Kier alpha value is -0.900. The summed E-state index contributed by atoms with van der Waals surface area (Å²) in [6.07, 6.45) is 5.04. The zero-order chi connectivity index (χ0) is 12.3. The molecule has 0 saturated heterocycles. The SMILES string of the molecule is CCC1CCC(c2noc(CNC(C)C)n2)C1. The first-order chi connectivity index (χ1) is 8.19. The average molecular weight is 237 g/mol. The summed E-state index contributed by atoms with van der Waals surface area (Å²) in [6.45, 7) is 7.16. The van der Waals surface area contributed by atoms with Gasteiger partial charge < -0.3 is 9.84 Å². The molecule has 4 heteroatoms. The third-order valence-corrected chi connectivity index (χ3v) is 3.63. The van der Waals surface area contributed by atoms with E-state index in [0.717, 1.165) is 11.7 Å². The predicted octanol–water partition coefficient (Wildman–Crippen LogP) is 2.86. The second kappa shape index (κ2) is 5.63. The van der Waals surface area contributed by atoms with E-state index in [0.29, 0.717) is 24.4 Å². The van der Waals surface area contributed by atoms with Gasteiger partial charge in [-0.15, -0.1) is 0 Å². The van der Waals surface area contributed by atoms with Gasteiger partial charge in [-0.25, -0.2) is 0 Å². The number of nitrogens with one attached hydrogen (secondary N) is 1. The Kier molecular flexibility index (Phi) is 4.15. The van der Waals surface area contributed by atoms with Crippen molar-refractivity contribution in [3.8, 4) is 0 Å². The minimum atomic E-state index is 0.446. The number of rotatable bonds is 5. The molecule has 0 aliphatic heterocycles. The van der Waals surface area contributed by atoms with Crippen molar-refractivity contribution >= 4 is 0 Å². The van der Waals surface area contributed by atoms with Crippen LogP contribution in [0.15, 0.2) is 4.52 Å². The van der Waals surface area contributed by atoms with Crippen molar-refractivity contribution in [1.82, 2.24) is 15.5 Å². The fourth-order valence-corrected chi connectivity index (χ4v) is 2.48. The van der Waals surface area contributed by atoms with E-state index in [4.69, 9.17) is 4.52 Å². The maximum atomic E-state index is 5.27. The van der Waals surface area contributed by atoms with Crippen molar-refractivity contribution in [3.63, 3.8) is 0 Å². The zero-order valence-corrected chi connectivity index (χ0v) is 11.1. The molecule has 1 aromatic heterocycles. The van der Waals surface area contributed by atoms with Gasteiger partial charge in [0.25, 0.3) is 0 Å². The van der Waals surface area contributed by atoms with Gasteiger partial charge in [-0.3, -0.25) is 0 Å². The summed E-state index contributed by atoms with van der Waals surface area (Å²) in [5.41, 5.74) is 0. The van der Waals surface area contributed by atoms with E-state index in [-0.39, 0.29) is 0 Å². The topological polar surface area (TPSA) is 51.0 Å². The molecule has 17 heavy (non-hydrogen) atoms. The molecule has 0 bridgehead atoms. The Morgan fingerprint density at radius 2 is 2.24 bits per heavy atom. The highest BCUT2D eigenvalue weighted by atomic mass is 16.5. The van der Waals surface area contributed by atoms with Gasteiger partial charge in [0.15, 0.2) is 5.82 Å². The molecule has 1 fully saturated rings. The first kappa shape index (κ1) is 12.6. The molecule has 1 saturated carbocycles. The average Bonchev–Trinajstić information content (AvgIpc) is 2.94. The number of nitrogens with zero attached hydrogens (tertiary/aromatic N) is 2. The van der Waals surface area contributed by atoms with E-state index in [1.165, 1.54) is 25.7 Å². The molecule has 2 rings (SSSR count). The Labute approximate surface area is 103 Å². The molecule has 1 heterocycles. The van der Waals surface area contributed by atoms with Gasteiger partial charge in [0, 0.05) is 12.0 Å². The number of hydrogen-bond acceptors (Lipinski definition) is 4. The summed E-state index contributed by atoms with van der Waals surface area (Å²) in [5.74, 6) is 3.02. The minimum Gasteiger partial charge on any atom is -0.338 e. The Morgan fingerprint density at radius 3 is 2.88 bits per heavy atom. The quantitative estimate of drug-likeness (QED) is 0.855. The fraction of sp³-hybridized carbons (Fsp3) is 0.846. The van der Waals surface area contributed by atoms with E-state index >= 15 is 0 Å². The maximum Gasteiger partial charge on any atom is 0.240 e. The van der Waals surface area contributed by atoms with Crippen LogP contribution in [-0.2, 0) is 6.54 Å². The largest absolute Gasteiger partial charge is 0.338 e. The third-order valence-electron chi connectivity index (χ3n) is 3.63. The predicted molar refractivity (Wildman–Crippen MR) is 66.6 cm³/mol. The molecule has 0 amide bonds. The van der Waals surface area contributed by atoms with Crippen LogP contribution in [0.5, 0.6) is 0 Å². The molecule has 2 unspecified atom stereocenters. The molecule has 1 aromatic rings. The second-order valence-corrected chi connectivity index (χ2v) is 5.37. The highest BCUT2D eigenvalue weighted by molar-refractivity contribution is 4.99. The summed E-state index contributed by atoms with van der Waals surface area (Å²) in [5, 5.41) is 7.41. The smallest absolute Gasteiger partial charge is 0.240 e. The van der Waals surface area contributed by atoms with Crippen LogP contribution in [0.1, 0.15) is 64.1 Å². The van der Waals surface area contributed by atoms with Gasteiger partial charge in [0.2, 0.25) is 5.89 Å². The molecule has 1 N–H and O–H groups in total. The maximum absolute atomic E-state index is 5.27. The summed E-state index contributed by atoms with van der Waals surface area (Å²) in [7, 11) is 0. The summed E-state index contributed by atoms with van der Waals surface area (Å²) >= 11 is 0. The van der Waals surface area contributed by atoms with Gasteiger partial charge in [0.05, 0.1) is 6.54 Å². The van der Waals surface area contributed by atoms with Crippen molar-refractivity contribution in [2.75, 3.05) is 0 Å². The second-order valence-electron chi connectivity index (χ2n) is 5.37. The van der Waals surface area contributed by atoms with Crippen molar-refractivity contribution in [1.29, 1.82) is 0 Å². The Morgan fingerprint density at radius 1 is 1.41 bits per heavy atom. The first-order valence-corrected chi connectivity index (χ1v) is 6.75. The highest BCUT2D eigenvalue weighted by Crippen LogP contribution is 2.38. The van der Waals surface area contributed by atoms with Crippen LogP contribution in [0.4, 0.5) is 0 Å². The van der Waals surface area contributed by atoms with E-state index in [9.17, 15) is 0 Å². The standard InChI is InChI=1S/C13H23N3O/c1-4-10-5-6-11(7-10)13-15-12(17-16-13)8-14-9(2)3/h9-11,14H,4-8H2,1-3H3. The zero-order valence-electron chi connectivity index (χ0n) is 11.1. The number of hydrogen-bond donors (Lipinski definition) is 1. The van der Waals surface area contributed by atoms with Crippen molar-refractivity contribution < 1.29 is 4.52 Å². The van der Waals surface area contributed by atoms with Crippen molar-refractivity contribution in [2.45, 2.75) is 65.0 Å². The lowest BCUT2D eigenvalue weighted by Crippen LogP contribution is -2.22. The van der Waals surface area contributed by atoms with E-state index < -0.39 is 0 Å². The lowest BCUT2D eigenvalue weighted by atomic mass is 10.0. The molecule has 4 nitrogen and oxygen atoms in total. The fourth-order valence-electron chi connectivity index (χ4n) is 2.48.